The van der Waals surface area contributed by atoms with Gasteiger partial charge in [0.05, 0.1) is 6.54 Å². The molecule has 2 aliphatic heterocycles. The number of aromatic nitrogens is 2. The quantitative estimate of drug-likeness (QED) is 0.813. The Morgan fingerprint density at radius 1 is 1.09 bits per heavy atom. The second kappa shape index (κ2) is 7.11. The van der Waals surface area contributed by atoms with Crippen molar-refractivity contribution >= 4 is 10.2 Å². The molecule has 0 N–H and O–H groups in total. The Balaban J connectivity index is 1.77. The molecule has 0 radical (unpaired) electrons. The molecule has 1 aromatic heterocycles. The van der Waals surface area contributed by atoms with Gasteiger partial charge in [-0.3, -0.25) is 4.79 Å². The van der Waals surface area contributed by atoms with E-state index in [-0.39, 0.29) is 11.6 Å². The smallest absolute Gasteiger partial charge is 0.268 e. The maximum atomic E-state index is 13.0. The minimum atomic E-state index is -3.44. The van der Waals surface area contributed by atoms with E-state index in [0.29, 0.717) is 26.2 Å². The Morgan fingerprint density at radius 2 is 1.83 bits per heavy atom. The van der Waals surface area contributed by atoms with Crippen LogP contribution in [-0.4, -0.2) is 52.5 Å². The van der Waals surface area contributed by atoms with Crippen molar-refractivity contribution in [1.29, 1.82) is 0 Å². The SMILES string of the molecule is O=c1cccnn1CC1CCCN1S(=O)(=O)N1CCCCCC1. The number of hydrogen-bond donors (Lipinski definition) is 0. The molecule has 0 amide bonds. The van der Waals surface area contributed by atoms with Crippen LogP contribution in [0.4, 0.5) is 0 Å². The molecule has 1 atom stereocenters. The fraction of sp³-hybridized carbons (Fsp3) is 0.733. The van der Waals surface area contributed by atoms with Gasteiger partial charge in [0.25, 0.3) is 15.8 Å². The molecule has 0 bridgehead atoms. The summed E-state index contributed by atoms with van der Waals surface area (Å²) in [5.74, 6) is 0. The van der Waals surface area contributed by atoms with Gasteiger partial charge in [-0.1, -0.05) is 12.8 Å². The molecule has 1 aromatic rings. The van der Waals surface area contributed by atoms with E-state index < -0.39 is 10.2 Å². The highest BCUT2D eigenvalue weighted by molar-refractivity contribution is 7.86. The Labute approximate surface area is 137 Å². The van der Waals surface area contributed by atoms with Crippen LogP contribution in [-0.2, 0) is 16.8 Å². The van der Waals surface area contributed by atoms with E-state index in [0.717, 1.165) is 38.5 Å². The van der Waals surface area contributed by atoms with Crippen LogP contribution in [0.25, 0.3) is 0 Å². The fourth-order valence-electron chi connectivity index (χ4n) is 3.44. The van der Waals surface area contributed by atoms with Gasteiger partial charge < -0.3 is 0 Å². The van der Waals surface area contributed by atoms with Gasteiger partial charge in [-0.15, -0.1) is 0 Å². The average molecular weight is 340 g/mol. The normalized spacial score (nSPS) is 24.6. The van der Waals surface area contributed by atoms with Crippen molar-refractivity contribution in [2.45, 2.75) is 51.1 Å². The summed E-state index contributed by atoms with van der Waals surface area (Å²) in [6.07, 6.45) is 7.21. The first kappa shape index (κ1) is 16.6. The van der Waals surface area contributed by atoms with Crippen LogP contribution >= 0.6 is 0 Å². The molecular weight excluding hydrogens is 316 g/mol. The number of rotatable bonds is 4. The van der Waals surface area contributed by atoms with Crippen molar-refractivity contribution in [3.05, 3.63) is 28.7 Å². The second-order valence-electron chi connectivity index (χ2n) is 6.27. The molecular formula is C15H24N4O3S. The zero-order chi connectivity index (χ0) is 16.3. The van der Waals surface area contributed by atoms with Crippen LogP contribution in [0.5, 0.6) is 0 Å². The second-order valence-corrected chi connectivity index (χ2v) is 8.15. The largest absolute Gasteiger partial charge is 0.282 e. The fourth-order valence-corrected chi connectivity index (χ4v) is 5.37. The van der Waals surface area contributed by atoms with E-state index in [4.69, 9.17) is 0 Å². The zero-order valence-corrected chi connectivity index (χ0v) is 14.1. The third-order valence-corrected chi connectivity index (χ3v) is 6.77. The first-order chi connectivity index (χ1) is 11.1. The maximum absolute atomic E-state index is 13.0. The van der Waals surface area contributed by atoms with Crippen molar-refractivity contribution in [2.75, 3.05) is 19.6 Å². The first-order valence-electron chi connectivity index (χ1n) is 8.38. The Bertz CT molecular complexity index is 680. The summed E-state index contributed by atoms with van der Waals surface area (Å²) in [5, 5.41) is 4.05. The van der Waals surface area contributed by atoms with Gasteiger partial charge >= 0.3 is 0 Å². The van der Waals surface area contributed by atoms with Crippen LogP contribution < -0.4 is 5.56 Å². The Morgan fingerprint density at radius 3 is 2.52 bits per heavy atom. The Kier molecular flexibility index (Phi) is 5.13. The predicted molar refractivity (Wildman–Crippen MR) is 87.2 cm³/mol. The van der Waals surface area contributed by atoms with E-state index >= 15 is 0 Å². The van der Waals surface area contributed by atoms with Crippen molar-refractivity contribution in [3.8, 4) is 0 Å². The molecule has 3 rings (SSSR count). The molecule has 3 heterocycles. The van der Waals surface area contributed by atoms with Gasteiger partial charge in [0.2, 0.25) is 0 Å². The molecule has 0 aromatic carbocycles. The minimum absolute atomic E-state index is 0.184. The predicted octanol–water partition coefficient (Wildman–Crippen LogP) is 0.829. The molecule has 7 nitrogen and oxygen atoms in total. The van der Waals surface area contributed by atoms with Gasteiger partial charge in [-0.05, 0) is 31.7 Å². The van der Waals surface area contributed by atoms with Crippen LogP contribution in [0.2, 0.25) is 0 Å². The van der Waals surface area contributed by atoms with Gasteiger partial charge in [0, 0.05) is 37.9 Å². The zero-order valence-electron chi connectivity index (χ0n) is 13.3. The lowest BCUT2D eigenvalue weighted by atomic mass is 10.2. The van der Waals surface area contributed by atoms with Crippen LogP contribution in [0.3, 0.4) is 0 Å². The molecule has 128 valence electrons. The van der Waals surface area contributed by atoms with Crippen LogP contribution in [0, 0.1) is 0 Å². The number of hydrogen-bond acceptors (Lipinski definition) is 4. The molecule has 0 spiro atoms. The van der Waals surface area contributed by atoms with Crippen LogP contribution in [0.1, 0.15) is 38.5 Å². The summed E-state index contributed by atoms with van der Waals surface area (Å²) in [6, 6.07) is 2.87. The number of nitrogens with zero attached hydrogens (tertiary/aromatic N) is 4. The van der Waals surface area contributed by atoms with Crippen molar-refractivity contribution < 1.29 is 8.42 Å². The summed E-state index contributed by atoms with van der Waals surface area (Å²) in [6.45, 7) is 2.07. The molecule has 2 aliphatic rings. The minimum Gasteiger partial charge on any atom is -0.268 e. The monoisotopic (exact) mass is 340 g/mol. The van der Waals surface area contributed by atoms with E-state index in [1.165, 1.54) is 10.7 Å². The van der Waals surface area contributed by atoms with E-state index in [1.54, 1.807) is 20.9 Å². The topological polar surface area (TPSA) is 75.5 Å². The average Bonchev–Trinajstić information content (AvgIpc) is 2.82. The molecule has 1 unspecified atom stereocenters. The first-order valence-corrected chi connectivity index (χ1v) is 9.78. The van der Waals surface area contributed by atoms with Crippen molar-refractivity contribution in [2.24, 2.45) is 0 Å². The van der Waals surface area contributed by atoms with E-state index in [9.17, 15) is 13.2 Å². The van der Waals surface area contributed by atoms with Crippen LogP contribution in [0.15, 0.2) is 23.1 Å². The standard InChI is InChI=1S/C15H24N4O3S/c20-15-8-5-9-16-18(15)13-14-7-6-12-19(14)23(21,22)17-10-3-1-2-4-11-17/h5,8-9,14H,1-4,6-7,10-13H2. The summed E-state index contributed by atoms with van der Waals surface area (Å²) in [4.78, 5) is 11.8. The Hall–Kier alpha value is -1.25. The van der Waals surface area contributed by atoms with Gasteiger partial charge in [-0.2, -0.15) is 22.1 Å². The van der Waals surface area contributed by atoms with Crippen molar-refractivity contribution in [1.82, 2.24) is 18.4 Å². The summed E-state index contributed by atoms with van der Waals surface area (Å²) < 4.78 is 30.5. The highest BCUT2D eigenvalue weighted by atomic mass is 32.2. The molecule has 23 heavy (non-hydrogen) atoms. The van der Waals surface area contributed by atoms with E-state index in [2.05, 4.69) is 5.10 Å². The lowest BCUT2D eigenvalue weighted by molar-refractivity contribution is 0.299. The molecule has 0 aliphatic carbocycles. The van der Waals surface area contributed by atoms with Gasteiger partial charge in [0.15, 0.2) is 0 Å². The maximum Gasteiger partial charge on any atom is 0.282 e. The third-order valence-electron chi connectivity index (χ3n) is 4.68. The highest BCUT2D eigenvalue weighted by Gasteiger charge is 2.38. The molecule has 0 saturated carbocycles. The summed E-state index contributed by atoms with van der Waals surface area (Å²) in [7, 11) is -3.44. The lowest BCUT2D eigenvalue weighted by Gasteiger charge is -2.30. The molecule has 2 saturated heterocycles. The molecule has 8 heteroatoms. The molecule has 2 fully saturated rings. The summed E-state index contributed by atoms with van der Waals surface area (Å²) >= 11 is 0. The van der Waals surface area contributed by atoms with Gasteiger partial charge in [0.1, 0.15) is 0 Å². The van der Waals surface area contributed by atoms with E-state index in [1.807, 2.05) is 0 Å². The summed E-state index contributed by atoms with van der Waals surface area (Å²) in [5.41, 5.74) is -0.188. The van der Waals surface area contributed by atoms with Crippen molar-refractivity contribution in [3.63, 3.8) is 0 Å². The highest BCUT2D eigenvalue weighted by Crippen LogP contribution is 2.25. The third kappa shape index (κ3) is 3.64. The lowest BCUT2D eigenvalue weighted by Crippen LogP contribution is -2.48. The van der Waals surface area contributed by atoms with Gasteiger partial charge in [-0.25, -0.2) is 4.68 Å².